The Kier molecular flexibility index (Phi) is 6.04. The number of ether oxygens (including phenoxy) is 1. The first-order valence-electron chi connectivity index (χ1n) is 7.17. The van der Waals surface area contributed by atoms with E-state index in [4.69, 9.17) is 10.5 Å². The van der Waals surface area contributed by atoms with Gasteiger partial charge in [0, 0.05) is 49.9 Å². The van der Waals surface area contributed by atoms with Crippen molar-refractivity contribution >= 4 is 34.6 Å². The standard InChI is InChI=1S/C15H19FN4OS.ClH/c1-21-14-8-11(16)2-3-13(14)20-6-4-19(5-7-20)10-12-9-18-15(17)22-12;/h2-3,8-9H,4-7,10H2,1H3,(H2,17,18);1H. The van der Waals surface area contributed by atoms with Crippen LogP contribution in [-0.2, 0) is 6.54 Å². The van der Waals surface area contributed by atoms with E-state index in [1.165, 1.54) is 28.3 Å². The van der Waals surface area contributed by atoms with Crippen molar-refractivity contribution in [2.75, 3.05) is 43.9 Å². The lowest BCUT2D eigenvalue weighted by Gasteiger charge is -2.36. The molecule has 0 amide bonds. The van der Waals surface area contributed by atoms with Gasteiger partial charge in [0.25, 0.3) is 0 Å². The molecule has 2 aromatic rings. The first-order valence-corrected chi connectivity index (χ1v) is 7.98. The Morgan fingerprint density at radius 1 is 1.30 bits per heavy atom. The number of anilines is 2. The monoisotopic (exact) mass is 358 g/mol. The second-order valence-corrected chi connectivity index (χ2v) is 6.39. The molecule has 1 aromatic heterocycles. The largest absolute Gasteiger partial charge is 0.494 e. The fraction of sp³-hybridized carbons (Fsp3) is 0.400. The predicted molar refractivity (Wildman–Crippen MR) is 94.2 cm³/mol. The van der Waals surface area contributed by atoms with Gasteiger partial charge in [0.05, 0.1) is 12.8 Å². The van der Waals surface area contributed by atoms with Crippen molar-refractivity contribution < 1.29 is 9.13 Å². The first-order chi connectivity index (χ1) is 10.7. The Hall–Kier alpha value is -1.57. The molecule has 0 aliphatic carbocycles. The molecule has 3 rings (SSSR count). The van der Waals surface area contributed by atoms with Crippen LogP contribution < -0.4 is 15.4 Å². The zero-order valence-electron chi connectivity index (χ0n) is 12.9. The molecule has 0 radical (unpaired) electrons. The molecule has 1 fully saturated rings. The molecule has 1 aliphatic heterocycles. The van der Waals surface area contributed by atoms with Gasteiger partial charge in [0.1, 0.15) is 11.6 Å². The number of halogens is 2. The van der Waals surface area contributed by atoms with E-state index in [1.807, 2.05) is 6.20 Å². The highest BCUT2D eigenvalue weighted by Crippen LogP contribution is 2.30. The lowest BCUT2D eigenvalue weighted by molar-refractivity contribution is 0.251. The molecule has 23 heavy (non-hydrogen) atoms. The summed E-state index contributed by atoms with van der Waals surface area (Å²) in [6, 6.07) is 4.69. The van der Waals surface area contributed by atoms with E-state index >= 15 is 0 Å². The molecule has 0 atom stereocenters. The van der Waals surface area contributed by atoms with E-state index in [0.717, 1.165) is 38.4 Å². The minimum absolute atomic E-state index is 0. The second-order valence-electron chi connectivity index (χ2n) is 5.24. The van der Waals surface area contributed by atoms with E-state index in [9.17, 15) is 4.39 Å². The van der Waals surface area contributed by atoms with Gasteiger partial charge in [-0.05, 0) is 12.1 Å². The summed E-state index contributed by atoms with van der Waals surface area (Å²) in [6.07, 6.45) is 1.84. The van der Waals surface area contributed by atoms with Gasteiger partial charge in [-0.1, -0.05) is 0 Å². The fourth-order valence-corrected chi connectivity index (χ4v) is 3.40. The first kappa shape index (κ1) is 17.8. The smallest absolute Gasteiger partial charge is 0.180 e. The van der Waals surface area contributed by atoms with Crippen molar-refractivity contribution in [1.82, 2.24) is 9.88 Å². The Morgan fingerprint density at radius 2 is 2.04 bits per heavy atom. The summed E-state index contributed by atoms with van der Waals surface area (Å²) in [6.45, 7) is 4.53. The normalized spacial score (nSPS) is 15.3. The minimum Gasteiger partial charge on any atom is -0.494 e. The average Bonchev–Trinajstić information content (AvgIpc) is 2.93. The Balaban J connectivity index is 0.00000192. The molecule has 0 bridgehead atoms. The fourth-order valence-electron chi connectivity index (χ4n) is 2.68. The van der Waals surface area contributed by atoms with Crippen molar-refractivity contribution in [2.24, 2.45) is 0 Å². The molecule has 5 nitrogen and oxygen atoms in total. The minimum atomic E-state index is -0.276. The van der Waals surface area contributed by atoms with E-state index in [-0.39, 0.29) is 18.2 Å². The molecule has 1 aliphatic rings. The Bertz CT molecular complexity index is 646. The molecular weight excluding hydrogens is 339 g/mol. The summed E-state index contributed by atoms with van der Waals surface area (Å²) in [5.74, 6) is 0.311. The van der Waals surface area contributed by atoms with Gasteiger partial charge >= 0.3 is 0 Å². The number of aromatic nitrogens is 1. The summed E-state index contributed by atoms with van der Waals surface area (Å²) >= 11 is 1.54. The van der Waals surface area contributed by atoms with Gasteiger partial charge in [0.15, 0.2) is 5.13 Å². The maximum absolute atomic E-state index is 13.3. The zero-order valence-corrected chi connectivity index (χ0v) is 14.5. The summed E-state index contributed by atoms with van der Waals surface area (Å²) in [5.41, 5.74) is 6.61. The van der Waals surface area contributed by atoms with Crippen LogP contribution in [0.2, 0.25) is 0 Å². The molecular formula is C15H20ClFN4OS. The summed E-state index contributed by atoms with van der Waals surface area (Å²) in [4.78, 5) is 9.87. The van der Waals surface area contributed by atoms with E-state index in [0.29, 0.717) is 10.9 Å². The summed E-state index contributed by atoms with van der Waals surface area (Å²) in [7, 11) is 1.57. The van der Waals surface area contributed by atoms with Gasteiger partial charge in [-0.3, -0.25) is 4.90 Å². The van der Waals surface area contributed by atoms with Crippen LogP contribution in [-0.4, -0.2) is 43.2 Å². The van der Waals surface area contributed by atoms with Crippen LogP contribution in [0.15, 0.2) is 24.4 Å². The highest BCUT2D eigenvalue weighted by atomic mass is 35.5. The predicted octanol–water partition coefficient (Wildman–Crippen LogP) is 2.62. The third kappa shape index (κ3) is 4.25. The average molecular weight is 359 g/mol. The number of nitrogen functional groups attached to an aromatic ring is 1. The Labute approximate surface area is 145 Å². The van der Waals surface area contributed by atoms with Crippen molar-refractivity contribution in [3.8, 4) is 5.75 Å². The van der Waals surface area contributed by atoms with Crippen molar-refractivity contribution in [3.05, 3.63) is 35.1 Å². The van der Waals surface area contributed by atoms with Gasteiger partial charge in [-0.25, -0.2) is 9.37 Å². The molecule has 2 heterocycles. The topological polar surface area (TPSA) is 54.6 Å². The van der Waals surface area contributed by atoms with E-state index < -0.39 is 0 Å². The molecule has 126 valence electrons. The molecule has 1 aromatic carbocycles. The molecule has 8 heteroatoms. The zero-order chi connectivity index (χ0) is 15.5. The number of thiazole rings is 1. The number of rotatable bonds is 4. The number of benzene rings is 1. The molecule has 0 saturated carbocycles. The van der Waals surface area contributed by atoms with Gasteiger partial charge in [0.2, 0.25) is 0 Å². The second kappa shape index (κ2) is 7.81. The summed E-state index contributed by atoms with van der Waals surface area (Å²) in [5, 5.41) is 0.615. The molecule has 2 N–H and O–H groups in total. The summed E-state index contributed by atoms with van der Waals surface area (Å²) < 4.78 is 18.6. The number of nitrogens with zero attached hydrogens (tertiary/aromatic N) is 3. The lowest BCUT2D eigenvalue weighted by Crippen LogP contribution is -2.46. The maximum Gasteiger partial charge on any atom is 0.180 e. The van der Waals surface area contributed by atoms with Crippen LogP contribution in [0.1, 0.15) is 4.88 Å². The van der Waals surface area contributed by atoms with Crippen molar-refractivity contribution in [3.63, 3.8) is 0 Å². The maximum atomic E-state index is 13.3. The number of hydrogen-bond donors (Lipinski definition) is 1. The quantitative estimate of drug-likeness (QED) is 0.910. The van der Waals surface area contributed by atoms with Crippen LogP contribution >= 0.6 is 23.7 Å². The highest BCUT2D eigenvalue weighted by Gasteiger charge is 2.20. The molecule has 0 spiro atoms. The van der Waals surface area contributed by atoms with Crippen LogP contribution in [0.3, 0.4) is 0 Å². The number of nitrogens with two attached hydrogens (primary N) is 1. The van der Waals surface area contributed by atoms with Crippen LogP contribution in [0.25, 0.3) is 0 Å². The van der Waals surface area contributed by atoms with Crippen molar-refractivity contribution in [2.45, 2.75) is 6.54 Å². The van der Waals surface area contributed by atoms with Gasteiger partial charge in [-0.15, -0.1) is 23.7 Å². The Morgan fingerprint density at radius 3 is 2.65 bits per heavy atom. The number of methoxy groups -OCH3 is 1. The van der Waals surface area contributed by atoms with E-state index in [2.05, 4.69) is 14.8 Å². The molecule has 1 saturated heterocycles. The van der Waals surface area contributed by atoms with Crippen molar-refractivity contribution in [1.29, 1.82) is 0 Å². The number of hydrogen-bond acceptors (Lipinski definition) is 6. The van der Waals surface area contributed by atoms with Crippen LogP contribution in [0, 0.1) is 5.82 Å². The highest BCUT2D eigenvalue weighted by molar-refractivity contribution is 7.15. The third-order valence-corrected chi connectivity index (χ3v) is 4.62. The molecule has 0 unspecified atom stereocenters. The SMILES string of the molecule is COc1cc(F)ccc1N1CCN(Cc2cnc(N)s2)CC1.Cl. The van der Waals surface area contributed by atoms with E-state index in [1.54, 1.807) is 13.2 Å². The van der Waals surface area contributed by atoms with Crippen LogP contribution in [0.4, 0.5) is 15.2 Å². The third-order valence-electron chi connectivity index (χ3n) is 3.81. The van der Waals surface area contributed by atoms with Gasteiger partial charge < -0.3 is 15.4 Å². The van der Waals surface area contributed by atoms with Crippen LogP contribution in [0.5, 0.6) is 5.75 Å². The number of piperazine rings is 1. The lowest BCUT2D eigenvalue weighted by atomic mass is 10.2. The van der Waals surface area contributed by atoms with Gasteiger partial charge in [-0.2, -0.15) is 0 Å².